The SMILES string of the molecule is COC(=O)Cc1ccc(NC(=S)N2CCN(c3nc4c(c(=O)n(C)c(=O)n4C)n3Cc3ccccc3Cl)CC2)cc1. The Balaban J connectivity index is 1.36. The summed E-state index contributed by atoms with van der Waals surface area (Å²) in [5.74, 6) is 0.306. The van der Waals surface area contributed by atoms with Gasteiger partial charge >= 0.3 is 11.7 Å². The van der Waals surface area contributed by atoms with E-state index in [-0.39, 0.29) is 12.4 Å². The summed E-state index contributed by atoms with van der Waals surface area (Å²) in [6.45, 7) is 2.77. The molecule has 1 saturated heterocycles. The number of benzene rings is 2. The topological polar surface area (TPSA) is 107 Å². The van der Waals surface area contributed by atoms with Crippen molar-refractivity contribution in [2.24, 2.45) is 14.1 Å². The van der Waals surface area contributed by atoms with Crippen molar-refractivity contribution in [3.8, 4) is 0 Å². The molecule has 0 bridgehead atoms. The summed E-state index contributed by atoms with van der Waals surface area (Å²) in [4.78, 5) is 46.4. The first-order valence-corrected chi connectivity index (χ1v) is 13.8. The lowest BCUT2D eigenvalue weighted by molar-refractivity contribution is -0.139. The highest BCUT2D eigenvalue weighted by molar-refractivity contribution is 7.80. The van der Waals surface area contributed by atoms with Gasteiger partial charge in [-0.05, 0) is 41.5 Å². The maximum Gasteiger partial charge on any atom is 0.332 e. The molecular weight excluding hydrogens is 566 g/mol. The van der Waals surface area contributed by atoms with Gasteiger partial charge in [-0.2, -0.15) is 4.98 Å². The van der Waals surface area contributed by atoms with Crippen LogP contribution in [0.3, 0.4) is 0 Å². The van der Waals surface area contributed by atoms with Gasteiger partial charge in [-0.25, -0.2) is 4.79 Å². The van der Waals surface area contributed by atoms with Crippen molar-refractivity contribution in [1.29, 1.82) is 0 Å². The quantitative estimate of drug-likeness (QED) is 0.266. The molecule has 5 rings (SSSR count). The molecule has 0 saturated carbocycles. The van der Waals surface area contributed by atoms with Gasteiger partial charge in [0, 0.05) is 51.0 Å². The van der Waals surface area contributed by atoms with Crippen molar-refractivity contribution < 1.29 is 9.53 Å². The number of nitrogens with one attached hydrogen (secondary N) is 1. The minimum atomic E-state index is -0.434. The number of methoxy groups -OCH3 is 1. The summed E-state index contributed by atoms with van der Waals surface area (Å²) < 4.78 is 9.06. The number of fused-ring (bicyclic) bond motifs is 1. The van der Waals surface area contributed by atoms with Gasteiger partial charge < -0.3 is 19.9 Å². The molecule has 4 aromatic rings. The third-order valence-corrected chi connectivity index (χ3v) is 7.97. The summed E-state index contributed by atoms with van der Waals surface area (Å²) in [7, 11) is 4.45. The first-order chi connectivity index (χ1) is 19.7. The third-order valence-electron chi connectivity index (χ3n) is 7.25. The summed E-state index contributed by atoms with van der Waals surface area (Å²) in [6.07, 6.45) is 0.213. The van der Waals surface area contributed by atoms with Crippen molar-refractivity contribution in [3.05, 3.63) is 85.5 Å². The van der Waals surface area contributed by atoms with Gasteiger partial charge in [-0.3, -0.25) is 23.3 Å². The number of aryl methyl sites for hydroxylation is 1. The lowest BCUT2D eigenvalue weighted by Gasteiger charge is -2.36. The summed E-state index contributed by atoms with van der Waals surface area (Å²) >= 11 is 12.2. The van der Waals surface area contributed by atoms with Crippen LogP contribution in [-0.4, -0.2) is 68.0 Å². The number of halogens is 1. The number of carbonyl (C=O) groups is 1. The molecule has 1 aliphatic rings. The average Bonchev–Trinajstić information content (AvgIpc) is 3.36. The Hall–Kier alpha value is -4.16. The third kappa shape index (κ3) is 5.70. The molecular formula is C28H30ClN7O4S. The molecule has 0 spiro atoms. The summed E-state index contributed by atoms with van der Waals surface area (Å²) in [5, 5.41) is 4.44. The minimum Gasteiger partial charge on any atom is -0.469 e. The van der Waals surface area contributed by atoms with E-state index in [9.17, 15) is 14.4 Å². The fourth-order valence-electron chi connectivity index (χ4n) is 4.88. The van der Waals surface area contributed by atoms with Gasteiger partial charge in [0.15, 0.2) is 16.3 Å². The summed E-state index contributed by atoms with van der Waals surface area (Å²) in [6, 6.07) is 15.0. The van der Waals surface area contributed by atoms with Crippen LogP contribution in [0.25, 0.3) is 11.2 Å². The molecule has 214 valence electrons. The van der Waals surface area contributed by atoms with Crippen molar-refractivity contribution in [3.63, 3.8) is 0 Å². The largest absolute Gasteiger partial charge is 0.469 e. The predicted molar refractivity (Wildman–Crippen MR) is 163 cm³/mol. The Morgan fingerprint density at radius 1 is 1.02 bits per heavy atom. The highest BCUT2D eigenvalue weighted by atomic mass is 35.5. The van der Waals surface area contributed by atoms with E-state index < -0.39 is 11.2 Å². The molecule has 3 heterocycles. The molecule has 1 aliphatic heterocycles. The van der Waals surface area contributed by atoms with Crippen molar-refractivity contribution in [1.82, 2.24) is 23.6 Å². The van der Waals surface area contributed by atoms with Crippen LogP contribution in [0.15, 0.2) is 58.1 Å². The van der Waals surface area contributed by atoms with Crippen LogP contribution in [-0.2, 0) is 36.6 Å². The number of carbonyl (C=O) groups excluding carboxylic acids is 1. The van der Waals surface area contributed by atoms with Gasteiger partial charge in [-0.1, -0.05) is 41.9 Å². The number of thiocarbonyl (C=S) groups is 1. The molecule has 1 N–H and O–H groups in total. The van der Waals surface area contributed by atoms with E-state index in [2.05, 4.69) is 15.1 Å². The van der Waals surface area contributed by atoms with E-state index >= 15 is 0 Å². The van der Waals surface area contributed by atoms with Crippen molar-refractivity contribution in [2.75, 3.05) is 43.5 Å². The van der Waals surface area contributed by atoms with Crippen LogP contribution in [0, 0.1) is 0 Å². The molecule has 2 aromatic carbocycles. The van der Waals surface area contributed by atoms with Gasteiger partial charge in [0.1, 0.15) is 0 Å². The smallest absolute Gasteiger partial charge is 0.332 e. The van der Waals surface area contributed by atoms with E-state index in [4.69, 9.17) is 33.5 Å². The Morgan fingerprint density at radius 2 is 1.71 bits per heavy atom. The maximum atomic E-state index is 13.3. The first kappa shape index (κ1) is 28.4. The van der Waals surface area contributed by atoms with E-state index in [1.807, 2.05) is 53.1 Å². The standard InChI is InChI=1S/C28H30ClN7O4S/c1-32-24-23(25(38)33(2)28(32)39)36(17-19-6-4-5-7-21(19)29)26(31-24)34-12-14-35(15-13-34)27(41)30-20-10-8-18(9-11-20)16-22(37)40-3/h4-11H,12-17H2,1-3H3,(H,30,41). The fourth-order valence-corrected chi connectivity index (χ4v) is 5.38. The highest BCUT2D eigenvalue weighted by Crippen LogP contribution is 2.25. The minimum absolute atomic E-state index is 0.213. The van der Waals surface area contributed by atoms with Crippen LogP contribution in [0.1, 0.15) is 11.1 Å². The molecule has 11 nitrogen and oxygen atoms in total. The van der Waals surface area contributed by atoms with Crippen LogP contribution < -0.4 is 21.5 Å². The van der Waals surface area contributed by atoms with Gasteiger partial charge in [0.2, 0.25) is 5.95 Å². The summed E-state index contributed by atoms with van der Waals surface area (Å²) in [5.41, 5.74) is 2.35. The Labute approximate surface area is 246 Å². The molecule has 0 amide bonds. The normalized spacial score (nSPS) is 13.5. The number of aromatic nitrogens is 4. The fraction of sp³-hybridized carbons (Fsp3) is 0.321. The second kappa shape index (κ2) is 11.8. The lowest BCUT2D eigenvalue weighted by atomic mass is 10.1. The number of nitrogens with zero attached hydrogens (tertiary/aromatic N) is 6. The zero-order valence-corrected chi connectivity index (χ0v) is 24.5. The maximum absolute atomic E-state index is 13.3. The first-order valence-electron chi connectivity index (χ1n) is 13.0. The molecule has 2 aromatic heterocycles. The Kier molecular flexibility index (Phi) is 8.13. The number of piperazine rings is 1. The van der Waals surface area contributed by atoms with Crippen LogP contribution in [0.2, 0.25) is 5.02 Å². The second-order valence-corrected chi connectivity index (χ2v) is 10.6. The monoisotopic (exact) mass is 595 g/mol. The van der Waals surface area contributed by atoms with E-state index in [1.54, 1.807) is 7.05 Å². The molecule has 13 heteroatoms. The van der Waals surface area contributed by atoms with Gasteiger partial charge in [0.25, 0.3) is 5.56 Å². The van der Waals surface area contributed by atoms with Gasteiger partial charge in [-0.15, -0.1) is 0 Å². The molecule has 0 atom stereocenters. The predicted octanol–water partition coefficient (Wildman–Crippen LogP) is 2.37. The molecule has 0 aliphatic carbocycles. The van der Waals surface area contributed by atoms with Gasteiger partial charge in [0.05, 0.1) is 20.1 Å². The number of imidazole rings is 1. The van der Waals surface area contributed by atoms with Crippen LogP contribution in [0.4, 0.5) is 11.6 Å². The van der Waals surface area contributed by atoms with Crippen molar-refractivity contribution in [2.45, 2.75) is 13.0 Å². The molecule has 1 fully saturated rings. The second-order valence-electron chi connectivity index (χ2n) is 9.82. The van der Waals surface area contributed by atoms with Crippen LogP contribution >= 0.6 is 23.8 Å². The van der Waals surface area contributed by atoms with E-state index in [1.165, 1.54) is 18.7 Å². The van der Waals surface area contributed by atoms with E-state index in [0.717, 1.165) is 21.4 Å². The number of hydrogen-bond acceptors (Lipinski definition) is 7. The highest BCUT2D eigenvalue weighted by Gasteiger charge is 2.27. The number of anilines is 2. The lowest BCUT2D eigenvalue weighted by Crippen LogP contribution is -2.50. The molecule has 41 heavy (non-hydrogen) atoms. The van der Waals surface area contributed by atoms with Crippen molar-refractivity contribution >= 4 is 57.7 Å². The number of hydrogen-bond donors (Lipinski definition) is 1. The van der Waals surface area contributed by atoms with E-state index in [0.29, 0.717) is 60.0 Å². The average molecular weight is 596 g/mol. The Bertz CT molecular complexity index is 1740. The zero-order valence-electron chi connectivity index (χ0n) is 23.0. The number of esters is 1. The molecule has 0 unspecified atom stereocenters. The Morgan fingerprint density at radius 3 is 2.37 bits per heavy atom. The van der Waals surface area contributed by atoms with Crippen LogP contribution in [0.5, 0.6) is 0 Å². The molecule has 0 radical (unpaired) electrons. The zero-order chi connectivity index (χ0) is 29.3. The number of ether oxygens (including phenoxy) is 1. The number of rotatable bonds is 6.